The van der Waals surface area contributed by atoms with Gasteiger partial charge in [-0.1, -0.05) is 54.1 Å². The first-order valence-corrected chi connectivity index (χ1v) is 12.6. The Hall–Kier alpha value is -3.62. The van der Waals surface area contributed by atoms with Crippen LogP contribution in [-0.2, 0) is 23.5 Å². The molecule has 1 heterocycles. The number of sulfone groups is 1. The second-order valence-corrected chi connectivity index (χ2v) is 10.2. The van der Waals surface area contributed by atoms with Gasteiger partial charge in [-0.3, -0.25) is 9.48 Å². The van der Waals surface area contributed by atoms with E-state index in [-0.39, 0.29) is 21.3 Å². The summed E-state index contributed by atoms with van der Waals surface area (Å²) in [5.41, 5.74) is 2.94. The fourth-order valence-electron chi connectivity index (χ4n) is 3.41. The van der Waals surface area contributed by atoms with Gasteiger partial charge in [0.15, 0.2) is 15.5 Å². The maximum Gasteiger partial charge on any atom is 0.276 e. The zero-order valence-corrected chi connectivity index (χ0v) is 20.1. The molecule has 9 heteroatoms. The minimum atomic E-state index is -3.49. The van der Waals surface area contributed by atoms with Gasteiger partial charge in [0.05, 0.1) is 10.6 Å². The van der Waals surface area contributed by atoms with E-state index in [0.717, 1.165) is 17.4 Å². The van der Waals surface area contributed by atoms with Crippen molar-refractivity contribution in [2.45, 2.75) is 11.5 Å². The lowest BCUT2D eigenvalue weighted by molar-refractivity contribution is 0.102. The standard InChI is InChI=1S/C25H22ClN3O4S/c1-29-23(21-10-6-7-11-24(21)33-16-17-8-4-3-5-9-17)15-22(28-29)25(30)27-19-12-18(26)13-20(14-19)34(2,31)32/h3-15H,16H2,1-2H3,(H,27,30). The highest BCUT2D eigenvalue weighted by Gasteiger charge is 2.18. The van der Waals surface area contributed by atoms with Gasteiger partial charge in [-0.25, -0.2) is 8.42 Å². The van der Waals surface area contributed by atoms with E-state index in [1.165, 1.54) is 18.2 Å². The molecule has 0 saturated heterocycles. The Bertz CT molecular complexity index is 1450. The van der Waals surface area contributed by atoms with E-state index in [2.05, 4.69) is 10.4 Å². The van der Waals surface area contributed by atoms with E-state index in [9.17, 15) is 13.2 Å². The molecule has 7 nitrogen and oxygen atoms in total. The van der Waals surface area contributed by atoms with Crippen LogP contribution in [0.1, 0.15) is 16.1 Å². The van der Waals surface area contributed by atoms with Crippen molar-refractivity contribution < 1.29 is 17.9 Å². The van der Waals surface area contributed by atoms with Gasteiger partial charge in [0, 0.05) is 29.6 Å². The van der Waals surface area contributed by atoms with Gasteiger partial charge in [0.25, 0.3) is 5.91 Å². The maximum atomic E-state index is 12.9. The molecule has 1 aromatic heterocycles. The molecule has 0 spiro atoms. The van der Waals surface area contributed by atoms with Crippen molar-refractivity contribution in [3.63, 3.8) is 0 Å². The highest BCUT2D eigenvalue weighted by atomic mass is 35.5. The quantitative estimate of drug-likeness (QED) is 0.390. The second-order valence-electron chi connectivity index (χ2n) is 7.71. The summed E-state index contributed by atoms with van der Waals surface area (Å²) in [4.78, 5) is 12.9. The van der Waals surface area contributed by atoms with Crippen LogP contribution in [0.15, 0.2) is 83.8 Å². The van der Waals surface area contributed by atoms with Crippen molar-refractivity contribution >= 4 is 33.0 Å². The molecule has 0 aliphatic carbocycles. The van der Waals surface area contributed by atoms with Crippen LogP contribution in [0.25, 0.3) is 11.3 Å². The number of aryl methyl sites for hydroxylation is 1. The number of ether oxygens (including phenoxy) is 1. The van der Waals surface area contributed by atoms with Gasteiger partial charge in [-0.2, -0.15) is 5.10 Å². The fraction of sp³-hybridized carbons (Fsp3) is 0.120. The predicted octanol–water partition coefficient (Wildman–Crippen LogP) is 4.98. The Morgan fingerprint density at radius 2 is 1.74 bits per heavy atom. The van der Waals surface area contributed by atoms with Crippen LogP contribution in [-0.4, -0.2) is 30.4 Å². The van der Waals surface area contributed by atoms with E-state index in [1.807, 2.05) is 54.6 Å². The summed E-state index contributed by atoms with van der Waals surface area (Å²) in [5, 5.41) is 7.20. The van der Waals surface area contributed by atoms with Crippen LogP contribution in [0.5, 0.6) is 5.75 Å². The summed E-state index contributed by atoms with van der Waals surface area (Å²) in [5.74, 6) is 0.167. The highest BCUT2D eigenvalue weighted by molar-refractivity contribution is 7.90. The van der Waals surface area contributed by atoms with Crippen molar-refractivity contribution in [2.24, 2.45) is 7.05 Å². The Morgan fingerprint density at radius 3 is 2.47 bits per heavy atom. The molecule has 4 aromatic rings. The van der Waals surface area contributed by atoms with Crippen LogP contribution in [0, 0.1) is 0 Å². The predicted molar refractivity (Wildman–Crippen MR) is 132 cm³/mol. The maximum absolute atomic E-state index is 12.9. The molecule has 1 N–H and O–H groups in total. The highest BCUT2D eigenvalue weighted by Crippen LogP contribution is 2.31. The Balaban J connectivity index is 1.58. The molecular weight excluding hydrogens is 474 g/mol. The summed E-state index contributed by atoms with van der Waals surface area (Å²) in [6.07, 6.45) is 1.08. The van der Waals surface area contributed by atoms with Crippen molar-refractivity contribution in [1.82, 2.24) is 9.78 Å². The first-order valence-electron chi connectivity index (χ1n) is 10.3. The normalized spacial score (nSPS) is 11.3. The number of carbonyl (C=O) groups excluding carboxylic acids is 1. The van der Waals surface area contributed by atoms with Gasteiger partial charge in [-0.15, -0.1) is 0 Å². The fourth-order valence-corrected chi connectivity index (χ4v) is 4.40. The molecule has 4 rings (SSSR count). The summed E-state index contributed by atoms with van der Waals surface area (Å²) >= 11 is 6.04. The third-order valence-corrected chi connectivity index (χ3v) is 6.38. The number of para-hydroxylation sites is 1. The van der Waals surface area contributed by atoms with Gasteiger partial charge in [0.2, 0.25) is 0 Å². The third-order valence-electron chi connectivity index (χ3n) is 5.07. The van der Waals surface area contributed by atoms with Crippen molar-refractivity contribution in [2.75, 3.05) is 11.6 Å². The topological polar surface area (TPSA) is 90.3 Å². The lowest BCUT2D eigenvalue weighted by Crippen LogP contribution is -2.13. The number of hydrogen-bond donors (Lipinski definition) is 1. The van der Waals surface area contributed by atoms with Gasteiger partial charge >= 0.3 is 0 Å². The number of aromatic nitrogens is 2. The van der Waals surface area contributed by atoms with Crippen molar-refractivity contribution in [3.05, 3.63) is 95.1 Å². The van der Waals surface area contributed by atoms with Crippen LogP contribution in [0.4, 0.5) is 5.69 Å². The number of hydrogen-bond acceptors (Lipinski definition) is 5. The molecule has 0 atom stereocenters. The summed E-state index contributed by atoms with van der Waals surface area (Å²) < 4.78 is 31.4. The molecule has 174 valence electrons. The minimum absolute atomic E-state index is 0.0153. The SMILES string of the molecule is Cn1nc(C(=O)Nc2cc(Cl)cc(S(C)(=O)=O)c2)cc1-c1ccccc1OCc1ccccc1. The molecule has 0 radical (unpaired) electrons. The molecule has 0 saturated carbocycles. The molecule has 0 aliphatic heterocycles. The number of rotatable bonds is 7. The smallest absolute Gasteiger partial charge is 0.276 e. The molecule has 0 bridgehead atoms. The molecule has 34 heavy (non-hydrogen) atoms. The average molecular weight is 496 g/mol. The van der Waals surface area contributed by atoms with E-state index in [4.69, 9.17) is 16.3 Å². The molecule has 0 unspecified atom stereocenters. The van der Waals surface area contributed by atoms with Crippen LogP contribution < -0.4 is 10.1 Å². The molecular formula is C25H22ClN3O4S. The number of anilines is 1. The number of nitrogens with one attached hydrogen (secondary N) is 1. The molecule has 0 fully saturated rings. The zero-order chi connectivity index (χ0) is 24.3. The van der Waals surface area contributed by atoms with E-state index < -0.39 is 15.7 Å². The Kier molecular flexibility index (Phi) is 6.72. The number of carbonyl (C=O) groups is 1. The number of halogens is 1. The average Bonchev–Trinajstić information content (AvgIpc) is 3.19. The summed E-state index contributed by atoms with van der Waals surface area (Å²) in [6.45, 7) is 0.403. The lowest BCUT2D eigenvalue weighted by atomic mass is 10.1. The third kappa shape index (κ3) is 5.47. The lowest BCUT2D eigenvalue weighted by Gasteiger charge is -2.11. The number of amides is 1. The first kappa shape index (κ1) is 23.5. The first-order chi connectivity index (χ1) is 16.2. The number of benzene rings is 3. The van der Waals surface area contributed by atoms with Crippen LogP contribution in [0.3, 0.4) is 0 Å². The summed E-state index contributed by atoms with van der Waals surface area (Å²) in [6, 6.07) is 23.2. The number of nitrogens with zero attached hydrogens (tertiary/aromatic N) is 2. The van der Waals surface area contributed by atoms with Gasteiger partial charge in [-0.05, 0) is 42.0 Å². The Morgan fingerprint density at radius 1 is 1.03 bits per heavy atom. The van der Waals surface area contributed by atoms with Crippen molar-refractivity contribution in [1.29, 1.82) is 0 Å². The molecule has 3 aromatic carbocycles. The Labute approximate surface area is 202 Å². The summed E-state index contributed by atoms with van der Waals surface area (Å²) in [7, 11) is -1.75. The zero-order valence-electron chi connectivity index (χ0n) is 18.5. The van der Waals surface area contributed by atoms with E-state index >= 15 is 0 Å². The molecule has 1 amide bonds. The largest absolute Gasteiger partial charge is 0.488 e. The van der Waals surface area contributed by atoms with E-state index in [1.54, 1.807) is 17.8 Å². The monoisotopic (exact) mass is 495 g/mol. The minimum Gasteiger partial charge on any atom is -0.488 e. The van der Waals surface area contributed by atoms with Crippen LogP contribution >= 0.6 is 11.6 Å². The van der Waals surface area contributed by atoms with Crippen LogP contribution in [0.2, 0.25) is 5.02 Å². The van der Waals surface area contributed by atoms with Gasteiger partial charge in [0.1, 0.15) is 12.4 Å². The molecule has 0 aliphatic rings. The van der Waals surface area contributed by atoms with Gasteiger partial charge < -0.3 is 10.1 Å². The van der Waals surface area contributed by atoms with Crippen molar-refractivity contribution in [3.8, 4) is 17.0 Å². The second kappa shape index (κ2) is 9.70. The van der Waals surface area contributed by atoms with E-state index in [0.29, 0.717) is 18.1 Å².